The van der Waals surface area contributed by atoms with Crippen LogP contribution in [0.25, 0.3) is 0 Å². The molecule has 1 saturated carbocycles. The number of aliphatic imine (C=N–C) groups is 1. The molecule has 1 fully saturated rings. The van der Waals surface area contributed by atoms with Crippen molar-refractivity contribution in [2.24, 2.45) is 4.99 Å². The summed E-state index contributed by atoms with van der Waals surface area (Å²) < 4.78 is 0. The zero-order valence-electron chi connectivity index (χ0n) is 16.3. The van der Waals surface area contributed by atoms with Crippen molar-refractivity contribution in [1.82, 2.24) is 9.88 Å². The Morgan fingerprint density at radius 1 is 0.862 bits per heavy atom. The average Bonchev–Trinajstić information content (AvgIpc) is 3.42. The van der Waals surface area contributed by atoms with E-state index in [1.165, 1.54) is 12.8 Å². The third-order valence-corrected chi connectivity index (χ3v) is 5.85. The van der Waals surface area contributed by atoms with Crippen LogP contribution in [0.4, 0.5) is 5.82 Å². The van der Waals surface area contributed by atoms with Gasteiger partial charge in [0.05, 0.1) is 5.71 Å². The number of carbonyl (C=O) groups is 1. The summed E-state index contributed by atoms with van der Waals surface area (Å²) in [6.45, 7) is 0.681. The minimum absolute atomic E-state index is 0.0601. The van der Waals surface area contributed by atoms with E-state index in [-0.39, 0.29) is 5.91 Å². The number of pyridine rings is 1. The minimum Gasteiger partial charge on any atom is -0.330 e. The van der Waals surface area contributed by atoms with Gasteiger partial charge in [0.2, 0.25) is 0 Å². The molecule has 2 heterocycles. The molecule has 0 spiro atoms. The molecule has 4 heteroatoms. The molecule has 5 rings (SSSR count). The molecule has 0 bridgehead atoms. The van der Waals surface area contributed by atoms with E-state index in [1.807, 2.05) is 77.7 Å². The van der Waals surface area contributed by atoms with Gasteiger partial charge in [-0.1, -0.05) is 79.6 Å². The molecule has 1 aromatic heterocycles. The lowest BCUT2D eigenvalue weighted by molar-refractivity contribution is 0.0703. The Labute approximate surface area is 170 Å². The number of fused-ring (bicyclic) bond motifs is 1. The van der Waals surface area contributed by atoms with Crippen molar-refractivity contribution in [2.75, 3.05) is 0 Å². The van der Waals surface area contributed by atoms with Gasteiger partial charge in [0.15, 0.2) is 5.82 Å². The Balaban J connectivity index is 1.52. The Morgan fingerprint density at radius 2 is 1.48 bits per heavy atom. The fourth-order valence-corrected chi connectivity index (χ4v) is 4.36. The standard InChI is InChI=1S/C25H23N3O/c29-25-24-20(17-28(25)21-13-7-8-14-21)15-16-22(27-24)26-23(18-9-3-1-4-10-18)19-11-5-2-6-12-19/h1-6,9-12,15-16,21H,7-8,13-14,17H2. The van der Waals surface area contributed by atoms with Crippen molar-refractivity contribution < 1.29 is 4.79 Å². The second-order valence-corrected chi connectivity index (χ2v) is 7.74. The first-order chi connectivity index (χ1) is 14.3. The Kier molecular flexibility index (Phi) is 4.68. The molecule has 1 amide bonds. The van der Waals surface area contributed by atoms with Gasteiger partial charge in [-0.05, 0) is 18.9 Å². The van der Waals surface area contributed by atoms with Crippen LogP contribution in [0.2, 0.25) is 0 Å². The van der Waals surface area contributed by atoms with E-state index < -0.39 is 0 Å². The topological polar surface area (TPSA) is 45.6 Å². The van der Waals surface area contributed by atoms with Crippen LogP contribution in [0.1, 0.15) is 52.9 Å². The van der Waals surface area contributed by atoms with E-state index in [0.717, 1.165) is 35.2 Å². The van der Waals surface area contributed by atoms with E-state index in [1.54, 1.807) is 0 Å². The molecule has 0 saturated heterocycles. The van der Waals surface area contributed by atoms with Gasteiger partial charge < -0.3 is 4.90 Å². The molecule has 2 aliphatic rings. The predicted molar refractivity (Wildman–Crippen MR) is 115 cm³/mol. The highest BCUT2D eigenvalue weighted by molar-refractivity contribution is 6.13. The first kappa shape index (κ1) is 17.8. The fourth-order valence-electron chi connectivity index (χ4n) is 4.36. The highest BCUT2D eigenvalue weighted by Crippen LogP contribution is 2.32. The molecule has 2 aromatic carbocycles. The molecular weight excluding hydrogens is 358 g/mol. The van der Waals surface area contributed by atoms with Crippen molar-refractivity contribution in [2.45, 2.75) is 38.3 Å². The molecule has 4 nitrogen and oxygen atoms in total. The van der Waals surface area contributed by atoms with E-state index >= 15 is 0 Å². The van der Waals surface area contributed by atoms with E-state index in [4.69, 9.17) is 4.99 Å². The summed E-state index contributed by atoms with van der Waals surface area (Å²) in [5, 5.41) is 0. The number of hydrogen-bond donors (Lipinski definition) is 0. The van der Waals surface area contributed by atoms with Gasteiger partial charge in [-0.2, -0.15) is 0 Å². The summed E-state index contributed by atoms with van der Waals surface area (Å²) in [5.74, 6) is 0.637. The molecule has 29 heavy (non-hydrogen) atoms. The molecule has 0 atom stereocenters. The second kappa shape index (κ2) is 7.63. The van der Waals surface area contributed by atoms with Crippen LogP contribution in [0, 0.1) is 0 Å². The molecule has 1 aliphatic carbocycles. The van der Waals surface area contributed by atoms with E-state index in [2.05, 4.69) is 4.98 Å². The van der Waals surface area contributed by atoms with Crippen molar-refractivity contribution in [3.05, 3.63) is 95.2 Å². The lowest BCUT2D eigenvalue weighted by Gasteiger charge is -2.22. The quantitative estimate of drug-likeness (QED) is 0.587. The average molecular weight is 381 g/mol. The third-order valence-electron chi connectivity index (χ3n) is 5.85. The normalized spacial score (nSPS) is 16.1. The first-order valence-electron chi connectivity index (χ1n) is 10.3. The molecule has 0 unspecified atom stereocenters. The molecule has 3 aromatic rings. The lowest BCUT2D eigenvalue weighted by Crippen LogP contribution is -2.33. The Hall–Kier alpha value is -3.27. The molecule has 144 valence electrons. The zero-order chi connectivity index (χ0) is 19.6. The Morgan fingerprint density at radius 3 is 2.10 bits per heavy atom. The number of benzene rings is 2. The maximum atomic E-state index is 13.0. The van der Waals surface area contributed by atoms with Crippen molar-refractivity contribution in [3.8, 4) is 0 Å². The number of rotatable bonds is 4. The van der Waals surface area contributed by atoms with Gasteiger partial charge in [-0.3, -0.25) is 4.79 Å². The maximum absolute atomic E-state index is 13.0. The lowest BCUT2D eigenvalue weighted by atomic mass is 10.0. The van der Waals surface area contributed by atoms with Crippen LogP contribution in [0.15, 0.2) is 77.8 Å². The summed E-state index contributed by atoms with van der Waals surface area (Å²) in [7, 11) is 0. The highest BCUT2D eigenvalue weighted by Gasteiger charge is 2.35. The third kappa shape index (κ3) is 3.46. The number of amides is 1. The van der Waals surface area contributed by atoms with Crippen molar-refractivity contribution in [3.63, 3.8) is 0 Å². The predicted octanol–water partition coefficient (Wildman–Crippen LogP) is 5.15. The maximum Gasteiger partial charge on any atom is 0.273 e. The van der Waals surface area contributed by atoms with Crippen LogP contribution < -0.4 is 0 Å². The summed E-state index contributed by atoms with van der Waals surface area (Å²) in [4.78, 5) is 24.5. The van der Waals surface area contributed by atoms with E-state index in [9.17, 15) is 4.79 Å². The van der Waals surface area contributed by atoms with Crippen LogP contribution in [-0.2, 0) is 6.54 Å². The number of aromatic nitrogens is 1. The van der Waals surface area contributed by atoms with Gasteiger partial charge in [-0.25, -0.2) is 9.98 Å². The molecular formula is C25H23N3O. The SMILES string of the molecule is O=C1c2nc(N=C(c3ccccc3)c3ccccc3)ccc2CN1C1CCCC1. The fraction of sp³-hybridized carbons (Fsp3) is 0.240. The van der Waals surface area contributed by atoms with Gasteiger partial charge >= 0.3 is 0 Å². The smallest absolute Gasteiger partial charge is 0.273 e. The summed E-state index contributed by atoms with van der Waals surface area (Å²) >= 11 is 0. The largest absolute Gasteiger partial charge is 0.330 e. The van der Waals surface area contributed by atoms with Gasteiger partial charge in [-0.15, -0.1) is 0 Å². The van der Waals surface area contributed by atoms with Crippen LogP contribution in [0.3, 0.4) is 0 Å². The summed E-state index contributed by atoms with van der Waals surface area (Å²) in [6.07, 6.45) is 4.64. The molecule has 1 aliphatic heterocycles. The highest BCUT2D eigenvalue weighted by atomic mass is 16.2. The second-order valence-electron chi connectivity index (χ2n) is 7.74. The summed E-state index contributed by atoms with van der Waals surface area (Å²) in [6, 6.07) is 24.5. The zero-order valence-corrected chi connectivity index (χ0v) is 16.3. The number of nitrogens with zero attached hydrogens (tertiary/aromatic N) is 3. The van der Waals surface area contributed by atoms with Gasteiger partial charge in [0.25, 0.3) is 5.91 Å². The van der Waals surface area contributed by atoms with Crippen LogP contribution in [0.5, 0.6) is 0 Å². The molecule has 0 radical (unpaired) electrons. The van der Waals surface area contributed by atoms with Crippen LogP contribution in [-0.4, -0.2) is 27.5 Å². The Bertz CT molecular complexity index is 1010. The van der Waals surface area contributed by atoms with E-state index in [0.29, 0.717) is 24.1 Å². The monoisotopic (exact) mass is 381 g/mol. The number of carbonyl (C=O) groups excluding carboxylic acids is 1. The molecule has 0 N–H and O–H groups in total. The number of hydrogen-bond acceptors (Lipinski definition) is 3. The minimum atomic E-state index is 0.0601. The van der Waals surface area contributed by atoms with Crippen LogP contribution >= 0.6 is 0 Å². The first-order valence-corrected chi connectivity index (χ1v) is 10.3. The van der Waals surface area contributed by atoms with Gasteiger partial charge in [0, 0.05) is 29.3 Å². The van der Waals surface area contributed by atoms with Crippen molar-refractivity contribution >= 4 is 17.4 Å². The van der Waals surface area contributed by atoms with Gasteiger partial charge in [0.1, 0.15) is 5.69 Å². The summed E-state index contributed by atoms with van der Waals surface area (Å²) in [5.41, 5.74) is 4.50. The van der Waals surface area contributed by atoms with Crippen molar-refractivity contribution in [1.29, 1.82) is 0 Å².